The van der Waals surface area contributed by atoms with Crippen molar-refractivity contribution in [3.8, 4) is 6.07 Å². The summed E-state index contributed by atoms with van der Waals surface area (Å²) in [5.74, 6) is -0.679. The van der Waals surface area contributed by atoms with Crippen LogP contribution >= 0.6 is 23.1 Å². The van der Waals surface area contributed by atoms with E-state index in [9.17, 15) is 14.9 Å². The van der Waals surface area contributed by atoms with E-state index in [0.717, 1.165) is 10.0 Å². The van der Waals surface area contributed by atoms with Gasteiger partial charge in [0.05, 0.1) is 22.1 Å². The summed E-state index contributed by atoms with van der Waals surface area (Å²) in [6, 6.07) is 12.8. The zero-order valence-corrected chi connectivity index (χ0v) is 16.3. The molecule has 3 aromatic rings. The number of nitriles is 1. The molecule has 0 spiro atoms. The van der Waals surface area contributed by atoms with Gasteiger partial charge in [-0.3, -0.25) is 10.1 Å². The third-order valence-corrected chi connectivity index (χ3v) is 5.75. The highest BCUT2D eigenvalue weighted by Gasteiger charge is 2.20. The first kappa shape index (κ1) is 19.5. The minimum atomic E-state index is -0.679. The number of rotatable bonds is 6. The van der Waals surface area contributed by atoms with Crippen molar-refractivity contribution in [3.05, 3.63) is 80.3 Å². The number of esters is 1. The first-order valence-electron chi connectivity index (χ1n) is 8.01. The molecule has 7 nitrogen and oxygen atoms in total. The number of nitrogens with zero attached hydrogens (tertiary/aromatic N) is 3. The lowest BCUT2D eigenvalue weighted by Crippen LogP contribution is -2.07. The van der Waals surface area contributed by atoms with Crippen LogP contribution in [-0.2, 0) is 11.3 Å². The van der Waals surface area contributed by atoms with E-state index in [1.165, 1.54) is 41.3 Å². The van der Waals surface area contributed by atoms with Crippen molar-refractivity contribution in [3.63, 3.8) is 0 Å². The number of non-ortho nitro benzene ring substituents is 1. The van der Waals surface area contributed by atoms with Crippen molar-refractivity contribution in [1.29, 1.82) is 5.26 Å². The van der Waals surface area contributed by atoms with Gasteiger partial charge in [0.25, 0.3) is 5.69 Å². The standard InChI is InChI=1S/C19H13N3O4S2/c1-12-11-27-19(21-12)28-17-6-5-15(22(24)25)8-16(17)18(23)26-10-14-4-2-3-13(7-14)9-20/h2-8,11H,10H2,1H3. The Balaban J connectivity index is 1.84. The van der Waals surface area contributed by atoms with E-state index in [1.54, 1.807) is 24.3 Å². The summed E-state index contributed by atoms with van der Waals surface area (Å²) in [4.78, 5) is 28.0. The maximum Gasteiger partial charge on any atom is 0.339 e. The predicted octanol–water partition coefficient (Wildman–Crippen LogP) is 4.74. The molecule has 140 valence electrons. The maximum absolute atomic E-state index is 12.6. The van der Waals surface area contributed by atoms with Crippen LogP contribution in [0.4, 0.5) is 5.69 Å². The Hall–Kier alpha value is -3.22. The van der Waals surface area contributed by atoms with Crippen molar-refractivity contribution in [2.45, 2.75) is 22.8 Å². The Morgan fingerprint density at radius 1 is 1.36 bits per heavy atom. The van der Waals surface area contributed by atoms with Gasteiger partial charge in [-0.1, -0.05) is 23.9 Å². The van der Waals surface area contributed by atoms with Crippen LogP contribution in [0.5, 0.6) is 0 Å². The van der Waals surface area contributed by atoms with Crippen molar-refractivity contribution in [2.24, 2.45) is 0 Å². The Morgan fingerprint density at radius 3 is 2.86 bits per heavy atom. The van der Waals surface area contributed by atoms with Gasteiger partial charge in [-0.2, -0.15) is 5.26 Å². The highest BCUT2D eigenvalue weighted by molar-refractivity contribution is 8.01. The van der Waals surface area contributed by atoms with Crippen LogP contribution in [0.15, 0.2) is 57.1 Å². The second kappa shape index (κ2) is 8.65. The van der Waals surface area contributed by atoms with E-state index in [0.29, 0.717) is 16.0 Å². The molecule has 0 aliphatic carbocycles. The summed E-state index contributed by atoms with van der Waals surface area (Å²) in [7, 11) is 0. The number of ether oxygens (including phenoxy) is 1. The summed E-state index contributed by atoms with van der Waals surface area (Å²) in [5, 5.41) is 21.9. The average molecular weight is 411 g/mol. The highest BCUT2D eigenvalue weighted by atomic mass is 32.2. The fourth-order valence-corrected chi connectivity index (χ4v) is 4.20. The van der Waals surface area contributed by atoms with Gasteiger partial charge >= 0.3 is 5.97 Å². The molecule has 28 heavy (non-hydrogen) atoms. The molecule has 1 aromatic heterocycles. The number of hydrogen-bond acceptors (Lipinski definition) is 8. The summed E-state index contributed by atoms with van der Waals surface area (Å²) in [6.45, 7) is 1.82. The molecule has 0 saturated carbocycles. The number of carbonyl (C=O) groups is 1. The summed E-state index contributed by atoms with van der Waals surface area (Å²) in [5.41, 5.74) is 1.87. The number of hydrogen-bond donors (Lipinski definition) is 0. The number of aromatic nitrogens is 1. The molecule has 0 atom stereocenters. The summed E-state index contributed by atoms with van der Waals surface area (Å²) >= 11 is 2.68. The fraction of sp³-hybridized carbons (Fsp3) is 0.105. The van der Waals surface area contributed by atoms with Crippen LogP contribution < -0.4 is 0 Å². The van der Waals surface area contributed by atoms with Gasteiger partial charge in [0, 0.05) is 28.1 Å². The van der Waals surface area contributed by atoms with Crippen molar-refractivity contribution < 1.29 is 14.5 Å². The quantitative estimate of drug-likeness (QED) is 0.327. The maximum atomic E-state index is 12.6. The Morgan fingerprint density at radius 2 is 2.18 bits per heavy atom. The first-order valence-corrected chi connectivity index (χ1v) is 9.70. The lowest BCUT2D eigenvalue weighted by molar-refractivity contribution is -0.384. The predicted molar refractivity (Wildman–Crippen MR) is 104 cm³/mol. The van der Waals surface area contributed by atoms with Crippen molar-refractivity contribution in [2.75, 3.05) is 0 Å². The number of nitro groups is 1. The molecule has 1 heterocycles. The number of benzene rings is 2. The highest BCUT2D eigenvalue weighted by Crippen LogP contribution is 2.34. The molecular weight excluding hydrogens is 398 g/mol. The molecule has 0 fully saturated rings. The number of aryl methyl sites for hydroxylation is 1. The molecule has 0 N–H and O–H groups in total. The van der Waals surface area contributed by atoms with Gasteiger partial charge < -0.3 is 4.74 Å². The van der Waals surface area contributed by atoms with E-state index < -0.39 is 10.9 Å². The van der Waals surface area contributed by atoms with Gasteiger partial charge in [0.2, 0.25) is 0 Å². The zero-order valence-electron chi connectivity index (χ0n) is 14.6. The monoisotopic (exact) mass is 411 g/mol. The topological polar surface area (TPSA) is 106 Å². The van der Waals surface area contributed by atoms with E-state index in [1.807, 2.05) is 18.4 Å². The van der Waals surface area contributed by atoms with Crippen molar-refractivity contribution >= 4 is 34.8 Å². The Kier molecular flexibility index (Phi) is 6.03. The molecule has 0 aliphatic heterocycles. The lowest BCUT2D eigenvalue weighted by Gasteiger charge is -2.09. The number of carbonyl (C=O) groups excluding carboxylic acids is 1. The summed E-state index contributed by atoms with van der Waals surface area (Å²) < 4.78 is 6.05. The van der Waals surface area contributed by atoms with Gasteiger partial charge in [0.15, 0.2) is 4.34 Å². The minimum Gasteiger partial charge on any atom is -0.457 e. The average Bonchev–Trinajstić information content (AvgIpc) is 3.11. The van der Waals surface area contributed by atoms with E-state index in [-0.39, 0.29) is 17.9 Å². The molecule has 0 bridgehead atoms. The minimum absolute atomic E-state index is 0.0441. The van der Waals surface area contributed by atoms with Crippen LogP contribution in [0.3, 0.4) is 0 Å². The molecule has 0 amide bonds. The summed E-state index contributed by atoms with van der Waals surface area (Å²) in [6.07, 6.45) is 0. The van der Waals surface area contributed by atoms with E-state index in [4.69, 9.17) is 10.00 Å². The third-order valence-electron chi connectivity index (χ3n) is 3.62. The van der Waals surface area contributed by atoms with Crippen LogP contribution in [0, 0.1) is 28.4 Å². The zero-order chi connectivity index (χ0) is 20.1. The van der Waals surface area contributed by atoms with Gasteiger partial charge in [-0.15, -0.1) is 11.3 Å². The largest absolute Gasteiger partial charge is 0.457 e. The van der Waals surface area contributed by atoms with Crippen LogP contribution in [0.25, 0.3) is 0 Å². The molecule has 0 unspecified atom stereocenters. The Labute approximate surface area is 168 Å². The third kappa shape index (κ3) is 4.73. The van der Waals surface area contributed by atoms with Crippen LogP contribution in [-0.4, -0.2) is 15.9 Å². The van der Waals surface area contributed by atoms with Crippen LogP contribution in [0.1, 0.15) is 27.2 Å². The second-order valence-corrected chi connectivity index (χ2v) is 7.83. The number of thiazole rings is 1. The van der Waals surface area contributed by atoms with E-state index in [2.05, 4.69) is 4.98 Å². The van der Waals surface area contributed by atoms with E-state index >= 15 is 0 Å². The Bertz CT molecular complexity index is 1090. The second-order valence-electron chi connectivity index (χ2n) is 5.68. The van der Waals surface area contributed by atoms with Gasteiger partial charge in [-0.05, 0) is 30.7 Å². The SMILES string of the molecule is Cc1csc(Sc2ccc([N+](=O)[O-])cc2C(=O)OCc2cccc(C#N)c2)n1. The number of nitro benzene ring substituents is 1. The smallest absolute Gasteiger partial charge is 0.339 e. The normalized spacial score (nSPS) is 10.3. The lowest BCUT2D eigenvalue weighted by atomic mass is 10.1. The first-order chi connectivity index (χ1) is 13.5. The van der Waals surface area contributed by atoms with Crippen LogP contribution in [0.2, 0.25) is 0 Å². The molecule has 9 heteroatoms. The van der Waals surface area contributed by atoms with Crippen molar-refractivity contribution in [1.82, 2.24) is 4.98 Å². The molecule has 3 rings (SSSR count). The molecule has 2 aromatic carbocycles. The fourth-order valence-electron chi connectivity index (χ4n) is 2.31. The molecular formula is C19H13N3O4S2. The molecule has 0 aliphatic rings. The van der Waals surface area contributed by atoms with Gasteiger partial charge in [-0.25, -0.2) is 9.78 Å². The molecule has 0 saturated heterocycles. The van der Waals surface area contributed by atoms with Gasteiger partial charge in [0.1, 0.15) is 6.61 Å². The molecule has 0 radical (unpaired) electrons.